The molecule has 1 aromatic heterocycles. The Labute approximate surface area is 144 Å². The normalized spacial score (nSPS) is 10.4. The number of fused-ring (bicyclic) bond motifs is 1. The summed E-state index contributed by atoms with van der Waals surface area (Å²) in [4.78, 5) is 26.9. The van der Waals surface area contributed by atoms with Gasteiger partial charge >= 0.3 is 5.97 Å². The van der Waals surface area contributed by atoms with Gasteiger partial charge in [-0.1, -0.05) is 24.3 Å². The van der Waals surface area contributed by atoms with Gasteiger partial charge in [0.1, 0.15) is 0 Å². The van der Waals surface area contributed by atoms with Crippen molar-refractivity contribution in [1.29, 1.82) is 0 Å². The molecule has 0 aliphatic heterocycles. The number of hydrogen-bond donors (Lipinski definition) is 3. The molecule has 6 heteroatoms. The number of pyridine rings is 1. The zero-order valence-electron chi connectivity index (χ0n) is 13.6. The van der Waals surface area contributed by atoms with Crippen molar-refractivity contribution in [3.05, 3.63) is 66.0 Å². The Kier molecular flexibility index (Phi) is 4.61. The van der Waals surface area contributed by atoms with Crippen molar-refractivity contribution in [2.75, 3.05) is 10.6 Å². The summed E-state index contributed by atoms with van der Waals surface area (Å²) >= 11 is 0. The van der Waals surface area contributed by atoms with E-state index in [0.29, 0.717) is 17.9 Å². The van der Waals surface area contributed by atoms with Crippen molar-refractivity contribution in [1.82, 2.24) is 4.98 Å². The molecule has 2 aromatic carbocycles. The lowest BCUT2D eigenvalue weighted by molar-refractivity contribution is -0.114. The zero-order chi connectivity index (χ0) is 17.8. The molecule has 0 aliphatic carbocycles. The molecule has 3 N–H and O–H groups in total. The smallest absolute Gasteiger partial charge is 0.335 e. The van der Waals surface area contributed by atoms with Gasteiger partial charge in [0.25, 0.3) is 0 Å². The number of carboxylic acid groups (broad SMARTS) is 1. The van der Waals surface area contributed by atoms with E-state index in [1.165, 1.54) is 19.1 Å². The van der Waals surface area contributed by atoms with Crippen LogP contribution in [-0.4, -0.2) is 22.0 Å². The minimum atomic E-state index is -1.03. The molecule has 126 valence electrons. The predicted octanol–water partition coefficient (Wildman–Crippen LogP) is 3.50. The number of carbonyl (C=O) groups is 2. The first-order valence-corrected chi connectivity index (χ1v) is 7.75. The molecule has 0 fully saturated rings. The Morgan fingerprint density at radius 1 is 1.04 bits per heavy atom. The summed E-state index contributed by atoms with van der Waals surface area (Å²) in [7, 11) is 0. The van der Waals surface area contributed by atoms with E-state index in [1.807, 2.05) is 30.3 Å². The fraction of sp³-hybridized carbons (Fsp3) is 0.105. The maximum Gasteiger partial charge on any atom is 0.335 e. The summed E-state index contributed by atoms with van der Waals surface area (Å²) in [6, 6.07) is 14.4. The van der Waals surface area contributed by atoms with Crippen LogP contribution in [0.2, 0.25) is 0 Å². The monoisotopic (exact) mass is 335 g/mol. The fourth-order valence-electron chi connectivity index (χ4n) is 2.53. The molecular formula is C19H17N3O3. The average Bonchev–Trinajstić information content (AvgIpc) is 2.60. The van der Waals surface area contributed by atoms with Crippen LogP contribution in [-0.2, 0) is 11.3 Å². The maximum atomic E-state index is 11.3. The summed E-state index contributed by atoms with van der Waals surface area (Å²) in [6.45, 7) is 1.81. The summed E-state index contributed by atoms with van der Waals surface area (Å²) < 4.78 is 0. The predicted molar refractivity (Wildman–Crippen MR) is 96.8 cm³/mol. The summed E-state index contributed by atoms with van der Waals surface area (Å²) in [5.41, 5.74) is 2.01. The van der Waals surface area contributed by atoms with E-state index in [4.69, 9.17) is 5.11 Å². The molecule has 0 bridgehead atoms. The standard InChI is InChI=1S/C19H17N3O3/c1-12(23)22-17-7-6-14(19(24)25)9-18(17)21-11-16-8-13-4-2-3-5-15(13)10-20-16/h2-10,21H,11H2,1H3,(H,22,23)(H,24,25). The van der Waals surface area contributed by atoms with Crippen LogP contribution in [0.4, 0.5) is 11.4 Å². The minimum Gasteiger partial charge on any atom is -0.478 e. The topological polar surface area (TPSA) is 91.3 Å². The summed E-state index contributed by atoms with van der Waals surface area (Å²) in [5, 5.41) is 17.1. The van der Waals surface area contributed by atoms with Crippen LogP contribution in [0.5, 0.6) is 0 Å². The number of hydrogen-bond acceptors (Lipinski definition) is 4. The van der Waals surface area contributed by atoms with Crippen molar-refractivity contribution in [2.24, 2.45) is 0 Å². The zero-order valence-corrected chi connectivity index (χ0v) is 13.6. The lowest BCUT2D eigenvalue weighted by Crippen LogP contribution is -2.11. The third-order valence-corrected chi connectivity index (χ3v) is 3.72. The number of nitrogens with one attached hydrogen (secondary N) is 2. The molecule has 6 nitrogen and oxygen atoms in total. The Bertz CT molecular complexity index is 954. The molecule has 0 radical (unpaired) electrons. The molecule has 3 aromatic rings. The molecule has 25 heavy (non-hydrogen) atoms. The van der Waals surface area contributed by atoms with Gasteiger partial charge in [-0.15, -0.1) is 0 Å². The molecule has 0 spiro atoms. The molecule has 0 atom stereocenters. The highest BCUT2D eigenvalue weighted by Crippen LogP contribution is 2.24. The lowest BCUT2D eigenvalue weighted by Gasteiger charge is -2.13. The maximum absolute atomic E-state index is 11.3. The lowest BCUT2D eigenvalue weighted by atomic mass is 10.1. The van der Waals surface area contributed by atoms with Crippen LogP contribution in [0.1, 0.15) is 23.0 Å². The minimum absolute atomic E-state index is 0.142. The third kappa shape index (κ3) is 3.92. The number of aromatic carboxylic acids is 1. The van der Waals surface area contributed by atoms with Gasteiger partial charge in [-0.3, -0.25) is 9.78 Å². The summed E-state index contributed by atoms with van der Waals surface area (Å²) in [6.07, 6.45) is 1.80. The fourth-order valence-corrected chi connectivity index (χ4v) is 2.53. The first kappa shape index (κ1) is 16.4. The largest absolute Gasteiger partial charge is 0.478 e. The van der Waals surface area contributed by atoms with Gasteiger partial charge in [-0.2, -0.15) is 0 Å². The van der Waals surface area contributed by atoms with E-state index in [9.17, 15) is 9.59 Å². The number of carboxylic acids is 1. The van der Waals surface area contributed by atoms with Gasteiger partial charge in [0.15, 0.2) is 0 Å². The Morgan fingerprint density at radius 2 is 1.80 bits per heavy atom. The molecular weight excluding hydrogens is 318 g/mol. The number of nitrogens with zero attached hydrogens (tertiary/aromatic N) is 1. The Balaban J connectivity index is 1.85. The quantitative estimate of drug-likeness (QED) is 0.664. The number of rotatable bonds is 5. The first-order chi connectivity index (χ1) is 12.0. The van der Waals surface area contributed by atoms with Crippen LogP contribution in [0, 0.1) is 0 Å². The van der Waals surface area contributed by atoms with Gasteiger partial charge in [0.2, 0.25) is 5.91 Å². The number of amides is 1. The van der Waals surface area contributed by atoms with Crippen molar-refractivity contribution < 1.29 is 14.7 Å². The van der Waals surface area contributed by atoms with Crippen LogP contribution < -0.4 is 10.6 Å². The second kappa shape index (κ2) is 7.00. The molecule has 3 rings (SSSR count). The van der Waals surface area contributed by atoms with E-state index in [1.54, 1.807) is 12.3 Å². The number of carbonyl (C=O) groups excluding carboxylic acids is 1. The Hall–Kier alpha value is -3.41. The van der Waals surface area contributed by atoms with E-state index in [2.05, 4.69) is 15.6 Å². The molecule has 0 saturated heterocycles. The second-order valence-electron chi connectivity index (χ2n) is 5.62. The average molecular weight is 335 g/mol. The number of aromatic nitrogens is 1. The van der Waals surface area contributed by atoms with Crippen molar-refractivity contribution >= 4 is 34.0 Å². The van der Waals surface area contributed by atoms with Gasteiger partial charge in [-0.05, 0) is 29.7 Å². The van der Waals surface area contributed by atoms with Crippen molar-refractivity contribution in [3.8, 4) is 0 Å². The SMILES string of the molecule is CC(=O)Nc1ccc(C(=O)O)cc1NCc1cc2ccccc2cn1. The molecule has 1 amide bonds. The van der Waals surface area contributed by atoms with E-state index in [0.717, 1.165) is 16.5 Å². The third-order valence-electron chi connectivity index (χ3n) is 3.72. The van der Waals surface area contributed by atoms with Gasteiger partial charge in [-0.25, -0.2) is 4.79 Å². The van der Waals surface area contributed by atoms with Crippen LogP contribution in [0.15, 0.2) is 54.7 Å². The van der Waals surface area contributed by atoms with Crippen LogP contribution >= 0.6 is 0 Å². The highest BCUT2D eigenvalue weighted by molar-refractivity contribution is 5.96. The number of anilines is 2. The summed E-state index contributed by atoms with van der Waals surface area (Å²) in [5.74, 6) is -1.25. The Morgan fingerprint density at radius 3 is 2.52 bits per heavy atom. The van der Waals surface area contributed by atoms with E-state index in [-0.39, 0.29) is 11.5 Å². The van der Waals surface area contributed by atoms with E-state index >= 15 is 0 Å². The molecule has 0 saturated carbocycles. The van der Waals surface area contributed by atoms with Crippen LogP contribution in [0.3, 0.4) is 0 Å². The van der Waals surface area contributed by atoms with Crippen molar-refractivity contribution in [2.45, 2.75) is 13.5 Å². The number of benzene rings is 2. The first-order valence-electron chi connectivity index (χ1n) is 7.75. The molecule has 1 heterocycles. The van der Waals surface area contributed by atoms with Gasteiger partial charge in [0, 0.05) is 18.5 Å². The van der Waals surface area contributed by atoms with Crippen LogP contribution in [0.25, 0.3) is 10.8 Å². The highest BCUT2D eigenvalue weighted by atomic mass is 16.4. The van der Waals surface area contributed by atoms with E-state index < -0.39 is 5.97 Å². The second-order valence-corrected chi connectivity index (χ2v) is 5.62. The molecule has 0 unspecified atom stereocenters. The highest BCUT2D eigenvalue weighted by Gasteiger charge is 2.10. The van der Waals surface area contributed by atoms with Crippen molar-refractivity contribution in [3.63, 3.8) is 0 Å². The van der Waals surface area contributed by atoms with Gasteiger partial charge in [0.05, 0.1) is 29.2 Å². The van der Waals surface area contributed by atoms with Gasteiger partial charge < -0.3 is 15.7 Å². The molecule has 0 aliphatic rings.